The van der Waals surface area contributed by atoms with Crippen molar-refractivity contribution < 1.29 is 26.4 Å². The number of alkyl halides is 3. The number of carbonyl (C=O) groups excluding carboxylic acids is 1. The van der Waals surface area contributed by atoms with Crippen LogP contribution in [0.5, 0.6) is 0 Å². The van der Waals surface area contributed by atoms with Gasteiger partial charge in [0.15, 0.2) is 0 Å². The average Bonchev–Trinajstić information content (AvgIpc) is 2.59. The van der Waals surface area contributed by atoms with Crippen molar-refractivity contribution in [2.45, 2.75) is 19.1 Å². The SMILES string of the molecule is C[C@H](NC(=O)CN(c1ccc(Cl)c(C(F)(F)F)c1)S(C)(=O)=O)c1ccccc1. The van der Waals surface area contributed by atoms with Gasteiger partial charge in [-0.2, -0.15) is 13.2 Å². The summed E-state index contributed by atoms with van der Waals surface area (Å²) < 4.78 is 64.0. The Balaban J connectivity index is 2.27. The predicted molar refractivity (Wildman–Crippen MR) is 102 cm³/mol. The number of sulfonamides is 1. The molecule has 28 heavy (non-hydrogen) atoms. The van der Waals surface area contributed by atoms with Gasteiger partial charge in [0.05, 0.1) is 28.6 Å². The fraction of sp³-hybridized carbons (Fsp3) is 0.278. The van der Waals surface area contributed by atoms with Gasteiger partial charge in [-0.05, 0) is 30.7 Å². The zero-order chi connectivity index (χ0) is 21.1. The Morgan fingerprint density at radius 1 is 1.18 bits per heavy atom. The summed E-state index contributed by atoms with van der Waals surface area (Å²) in [4.78, 5) is 12.3. The summed E-state index contributed by atoms with van der Waals surface area (Å²) in [5, 5.41) is 2.07. The van der Waals surface area contributed by atoms with Gasteiger partial charge >= 0.3 is 6.18 Å². The molecule has 0 fully saturated rings. The van der Waals surface area contributed by atoms with Gasteiger partial charge in [-0.3, -0.25) is 9.10 Å². The van der Waals surface area contributed by atoms with E-state index >= 15 is 0 Å². The zero-order valence-electron chi connectivity index (χ0n) is 15.0. The van der Waals surface area contributed by atoms with E-state index in [0.29, 0.717) is 10.4 Å². The number of carbonyl (C=O) groups is 1. The van der Waals surface area contributed by atoms with E-state index < -0.39 is 45.3 Å². The molecule has 0 aliphatic rings. The molecular weight excluding hydrogens is 417 g/mol. The van der Waals surface area contributed by atoms with Crippen LogP contribution >= 0.6 is 11.6 Å². The number of rotatable bonds is 6. The van der Waals surface area contributed by atoms with Gasteiger partial charge in [-0.1, -0.05) is 41.9 Å². The minimum absolute atomic E-state index is 0.304. The smallest absolute Gasteiger partial charge is 0.348 e. The summed E-state index contributed by atoms with van der Waals surface area (Å²) in [6, 6.07) is 11.2. The Kier molecular flexibility index (Phi) is 6.61. The van der Waals surface area contributed by atoms with Crippen LogP contribution in [0.2, 0.25) is 5.02 Å². The first-order valence-corrected chi connectivity index (χ1v) is 10.3. The van der Waals surface area contributed by atoms with Crippen LogP contribution in [-0.2, 0) is 21.0 Å². The molecule has 1 N–H and O–H groups in total. The zero-order valence-corrected chi connectivity index (χ0v) is 16.6. The van der Waals surface area contributed by atoms with Gasteiger partial charge in [0.1, 0.15) is 6.54 Å². The largest absolute Gasteiger partial charge is 0.417 e. The molecule has 0 aliphatic heterocycles. The first-order valence-electron chi connectivity index (χ1n) is 8.08. The molecule has 0 aromatic heterocycles. The molecule has 2 rings (SSSR count). The van der Waals surface area contributed by atoms with Gasteiger partial charge in [0.2, 0.25) is 15.9 Å². The molecule has 0 bridgehead atoms. The van der Waals surface area contributed by atoms with Crippen LogP contribution in [0.15, 0.2) is 48.5 Å². The lowest BCUT2D eigenvalue weighted by Gasteiger charge is -2.24. The summed E-state index contributed by atoms with van der Waals surface area (Å²) in [6.45, 7) is 1.04. The van der Waals surface area contributed by atoms with Crippen LogP contribution in [0.3, 0.4) is 0 Å². The second-order valence-electron chi connectivity index (χ2n) is 6.13. The highest BCUT2D eigenvalue weighted by atomic mass is 35.5. The highest BCUT2D eigenvalue weighted by Gasteiger charge is 2.34. The van der Waals surface area contributed by atoms with Crippen molar-refractivity contribution in [1.29, 1.82) is 0 Å². The lowest BCUT2D eigenvalue weighted by molar-refractivity contribution is -0.137. The fourth-order valence-corrected chi connectivity index (χ4v) is 3.60. The van der Waals surface area contributed by atoms with Crippen molar-refractivity contribution >= 4 is 33.2 Å². The molecule has 0 spiro atoms. The molecule has 2 aromatic rings. The maximum atomic E-state index is 13.1. The second-order valence-corrected chi connectivity index (χ2v) is 8.45. The highest BCUT2D eigenvalue weighted by Crippen LogP contribution is 2.37. The molecule has 0 aliphatic carbocycles. The first-order chi connectivity index (χ1) is 12.9. The maximum absolute atomic E-state index is 13.1. The normalized spacial score (nSPS) is 13.1. The molecule has 10 heteroatoms. The number of anilines is 1. The van der Waals surface area contributed by atoms with E-state index in [1.54, 1.807) is 31.2 Å². The third-order valence-electron chi connectivity index (χ3n) is 3.91. The topological polar surface area (TPSA) is 66.5 Å². The third kappa shape index (κ3) is 5.62. The Labute approximate surface area is 166 Å². The number of halogens is 4. The Morgan fingerprint density at radius 2 is 1.79 bits per heavy atom. The van der Waals surface area contributed by atoms with E-state index in [2.05, 4.69) is 5.32 Å². The van der Waals surface area contributed by atoms with E-state index in [1.165, 1.54) is 0 Å². The average molecular weight is 435 g/mol. The monoisotopic (exact) mass is 434 g/mol. The molecule has 0 heterocycles. The fourth-order valence-electron chi connectivity index (χ4n) is 2.53. The van der Waals surface area contributed by atoms with Crippen molar-refractivity contribution in [1.82, 2.24) is 5.32 Å². The van der Waals surface area contributed by atoms with Crippen LogP contribution in [0, 0.1) is 0 Å². The van der Waals surface area contributed by atoms with E-state index in [1.807, 2.05) is 6.07 Å². The molecule has 1 atom stereocenters. The molecule has 1 amide bonds. The lowest BCUT2D eigenvalue weighted by atomic mass is 10.1. The van der Waals surface area contributed by atoms with Gasteiger partial charge in [-0.15, -0.1) is 0 Å². The number of hydrogen-bond acceptors (Lipinski definition) is 3. The molecule has 0 radical (unpaired) electrons. The third-order valence-corrected chi connectivity index (χ3v) is 5.38. The minimum Gasteiger partial charge on any atom is -0.348 e. The summed E-state index contributed by atoms with van der Waals surface area (Å²) in [7, 11) is -4.03. The quantitative estimate of drug-likeness (QED) is 0.747. The Morgan fingerprint density at radius 3 is 2.32 bits per heavy atom. The van der Waals surface area contributed by atoms with Gasteiger partial charge in [0.25, 0.3) is 0 Å². The summed E-state index contributed by atoms with van der Waals surface area (Å²) in [5.74, 6) is -0.662. The van der Waals surface area contributed by atoms with Crippen LogP contribution in [0.25, 0.3) is 0 Å². The van der Waals surface area contributed by atoms with E-state index in [-0.39, 0.29) is 5.69 Å². The standard InChI is InChI=1S/C18H18ClF3N2O3S/c1-12(13-6-4-3-5-7-13)23-17(25)11-24(28(2,26)27)14-8-9-16(19)15(10-14)18(20,21)22/h3-10,12H,11H2,1-2H3,(H,23,25)/t12-/m0/s1. The van der Waals surface area contributed by atoms with Crippen molar-refractivity contribution in [3.8, 4) is 0 Å². The van der Waals surface area contributed by atoms with Gasteiger partial charge in [-0.25, -0.2) is 8.42 Å². The first kappa shape index (κ1) is 22.0. The minimum atomic E-state index is -4.76. The highest BCUT2D eigenvalue weighted by molar-refractivity contribution is 7.92. The van der Waals surface area contributed by atoms with E-state index in [9.17, 15) is 26.4 Å². The van der Waals surface area contributed by atoms with Crippen molar-refractivity contribution in [3.05, 3.63) is 64.7 Å². The molecule has 152 valence electrons. The maximum Gasteiger partial charge on any atom is 0.417 e. The van der Waals surface area contributed by atoms with Gasteiger partial charge in [0, 0.05) is 0 Å². The van der Waals surface area contributed by atoms with Crippen molar-refractivity contribution in [3.63, 3.8) is 0 Å². The summed E-state index contributed by atoms with van der Waals surface area (Å²) in [5.41, 5.74) is -0.687. The summed E-state index contributed by atoms with van der Waals surface area (Å²) in [6.07, 6.45) is -3.96. The van der Waals surface area contributed by atoms with Crippen LogP contribution in [0.4, 0.5) is 18.9 Å². The second kappa shape index (κ2) is 8.40. The molecule has 0 saturated heterocycles. The molecule has 5 nitrogen and oxygen atoms in total. The summed E-state index contributed by atoms with van der Waals surface area (Å²) >= 11 is 5.57. The number of benzene rings is 2. The number of hydrogen-bond donors (Lipinski definition) is 1. The van der Waals surface area contributed by atoms with Crippen molar-refractivity contribution in [2.24, 2.45) is 0 Å². The van der Waals surface area contributed by atoms with Crippen LogP contribution < -0.4 is 9.62 Å². The number of amides is 1. The molecule has 0 saturated carbocycles. The van der Waals surface area contributed by atoms with E-state index in [4.69, 9.17) is 11.6 Å². The Hall–Kier alpha value is -2.26. The van der Waals surface area contributed by atoms with Crippen LogP contribution in [-0.4, -0.2) is 27.1 Å². The van der Waals surface area contributed by atoms with Crippen LogP contribution in [0.1, 0.15) is 24.1 Å². The van der Waals surface area contributed by atoms with Gasteiger partial charge < -0.3 is 5.32 Å². The number of nitrogens with zero attached hydrogens (tertiary/aromatic N) is 1. The molecule has 0 unspecified atom stereocenters. The molecular formula is C18H18ClF3N2O3S. The predicted octanol–water partition coefficient (Wildman–Crippen LogP) is 4.00. The van der Waals surface area contributed by atoms with E-state index in [0.717, 1.165) is 24.0 Å². The lowest BCUT2D eigenvalue weighted by Crippen LogP contribution is -2.41. The van der Waals surface area contributed by atoms with Crippen molar-refractivity contribution in [2.75, 3.05) is 17.1 Å². The molecule has 2 aromatic carbocycles. The Bertz CT molecular complexity index is 950. The number of nitrogens with one attached hydrogen (secondary N) is 1.